The Balaban J connectivity index is -0.0000000670. The summed E-state index contributed by atoms with van der Waals surface area (Å²) in [5, 5.41) is 19.2. The van der Waals surface area contributed by atoms with Gasteiger partial charge in [0, 0.05) is 0 Å². The molecule has 0 aromatic carbocycles. The van der Waals surface area contributed by atoms with Crippen molar-refractivity contribution in [1.82, 2.24) is 12.3 Å². The average molecular weight is 573 g/mol. The summed E-state index contributed by atoms with van der Waals surface area (Å²) in [5.41, 5.74) is 0. The van der Waals surface area contributed by atoms with Gasteiger partial charge in [0.2, 0.25) is 0 Å². The fourth-order valence-electron chi connectivity index (χ4n) is 2.12. The van der Waals surface area contributed by atoms with Gasteiger partial charge in [0.05, 0.1) is 0 Å². The van der Waals surface area contributed by atoms with Crippen LogP contribution in [0.3, 0.4) is 0 Å². The minimum Gasteiger partial charge on any atom is -1.00 e. The Hall–Kier alpha value is 0.548. The van der Waals surface area contributed by atoms with Crippen LogP contribution >= 0.6 is 0 Å². The molecule has 6 nitrogen and oxygen atoms in total. The molecule has 9 heteroatoms. The number of hydrogen-bond acceptors (Lipinski definition) is 6. The van der Waals surface area contributed by atoms with Crippen LogP contribution in [-0.2, 0) is 21.1 Å². The van der Waals surface area contributed by atoms with Crippen LogP contribution in [0.4, 0.5) is 0 Å². The number of rotatable bonds is 13. The molecule has 0 spiro atoms. The predicted molar refractivity (Wildman–Crippen MR) is 89.8 cm³/mol. The van der Waals surface area contributed by atoms with Crippen LogP contribution in [0.15, 0.2) is 5.34 Å². The van der Waals surface area contributed by atoms with Crippen LogP contribution in [0.25, 0.3) is 0 Å². The van der Waals surface area contributed by atoms with E-state index in [4.69, 9.17) is 10.1 Å². The number of nitrogens with zero attached hydrogens (tertiary/aromatic N) is 1. The zero-order valence-electron chi connectivity index (χ0n) is 15.1. The monoisotopic (exact) mass is 572 g/mol. The number of hydrogen-bond donors (Lipinski definition) is 2. The van der Waals surface area contributed by atoms with E-state index in [1.165, 1.54) is 70.6 Å². The van der Waals surface area contributed by atoms with E-state index in [1.54, 1.807) is 0 Å². The molecule has 0 atom stereocenters. The SMILES string of the molecule is CCCCCCCCCCCCCCC[O-].N.N.O=N[O-].[Cl-].[Cl-].[Pt+4]. The van der Waals surface area contributed by atoms with Gasteiger partial charge in [-0.05, 0) is 0 Å². The maximum atomic E-state index is 10.2. The first kappa shape index (κ1) is 44.2. The molecule has 0 fully saturated rings. The fourth-order valence-corrected chi connectivity index (χ4v) is 2.12. The van der Waals surface area contributed by atoms with E-state index in [1.807, 2.05) is 0 Å². The molecule has 0 unspecified atom stereocenters. The summed E-state index contributed by atoms with van der Waals surface area (Å²) in [5.74, 6) is 0. The Labute approximate surface area is 175 Å². The van der Waals surface area contributed by atoms with Crippen LogP contribution in [0, 0.1) is 10.1 Å². The van der Waals surface area contributed by atoms with Gasteiger partial charge < -0.3 is 52.3 Å². The van der Waals surface area contributed by atoms with Crippen LogP contribution < -0.4 is 42.2 Å². The van der Waals surface area contributed by atoms with Crippen molar-refractivity contribution >= 4 is 0 Å². The Bertz CT molecular complexity index is 163. The van der Waals surface area contributed by atoms with Crippen molar-refractivity contribution in [2.24, 2.45) is 5.34 Å². The maximum absolute atomic E-state index is 10.2. The summed E-state index contributed by atoms with van der Waals surface area (Å²) < 4.78 is 0. The summed E-state index contributed by atoms with van der Waals surface area (Å²) in [4.78, 5) is 8.00. The molecule has 0 rings (SSSR count). The third kappa shape index (κ3) is 57.0. The summed E-state index contributed by atoms with van der Waals surface area (Å²) in [7, 11) is 0. The Morgan fingerprint density at radius 3 is 1.08 bits per heavy atom. The molecule has 0 aliphatic carbocycles. The molecular weight excluding hydrogens is 536 g/mol. The van der Waals surface area contributed by atoms with E-state index >= 15 is 0 Å². The van der Waals surface area contributed by atoms with Gasteiger partial charge in [0.1, 0.15) is 0 Å². The first-order chi connectivity index (χ1) is 9.33. The zero-order valence-corrected chi connectivity index (χ0v) is 18.8. The molecule has 0 aliphatic rings. The van der Waals surface area contributed by atoms with Gasteiger partial charge in [-0.25, -0.2) is 0 Å². The molecule has 0 saturated heterocycles. The van der Waals surface area contributed by atoms with E-state index in [9.17, 15) is 5.11 Å². The number of unbranched alkanes of at least 4 members (excludes halogenated alkanes) is 12. The van der Waals surface area contributed by atoms with Crippen LogP contribution in [-0.4, -0.2) is 6.61 Å². The molecule has 0 radical (unpaired) electrons. The van der Waals surface area contributed by atoms with Crippen molar-refractivity contribution in [3.05, 3.63) is 10.1 Å². The van der Waals surface area contributed by atoms with Gasteiger partial charge in [-0.2, -0.15) is 0 Å². The molecule has 0 heterocycles. The summed E-state index contributed by atoms with van der Waals surface area (Å²) in [6.07, 6.45) is 17.4. The van der Waals surface area contributed by atoms with Crippen LogP contribution in [0.5, 0.6) is 0 Å². The van der Waals surface area contributed by atoms with Crippen LogP contribution in [0.1, 0.15) is 90.4 Å². The van der Waals surface area contributed by atoms with Crippen molar-refractivity contribution < 1.29 is 51.0 Å². The molecule has 0 aliphatic heterocycles. The van der Waals surface area contributed by atoms with Crippen molar-refractivity contribution in [1.29, 1.82) is 0 Å². The zero-order chi connectivity index (χ0) is 14.6. The smallest absolute Gasteiger partial charge is 1.00 e. The van der Waals surface area contributed by atoms with Gasteiger partial charge in [-0.3, -0.25) is 0 Å². The second-order valence-corrected chi connectivity index (χ2v) is 5.02. The molecule has 0 aromatic heterocycles. The average Bonchev–Trinajstić information content (AvgIpc) is 2.41. The topological polar surface area (TPSA) is 146 Å². The van der Waals surface area contributed by atoms with Crippen molar-refractivity contribution in [3.63, 3.8) is 0 Å². The quantitative estimate of drug-likeness (QED) is 0.165. The van der Waals surface area contributed by atoms with E-state index in [0.717, 1.165) is 18.2 Å². The van der Waals surface area contributed by atoms with Gasteiger partial charge >= 0.3 is 21.1 Å². The van der Waals surface area contributed by atoms with Gasteiger partial charge in [-0.15, -0.1) is 11.9 Å². The first-order valence-electron chi connectivity index (χ1n) is 7.86. The van der Waals surface area contributed by atoms with Crippen LogP contribution in [0.2, 0.25) is 0 Å². The molecule has 6 N–H and O–H groups in total. The molecule has 0 amide bonds. The molecular formula is C15H37Cl2N3O3Pt. The predicted octanol–water partition coefficient (Wildman–Crippen LogP) is -0.982. The minimum absolute atomic E-state index is 0. The fraction of sp³-hybridized carbons (Fsp3) is 1.00. The second-order valence-electron chi connectivity index (χ2n) is 5.02. The van der Waals surface area contributed by atoms with Crippen molar-refractivity contribution in [3.8, 4) is 0 Å². The molecule has 24 heavy (non-hydrogen) atoms. The summed E-state index contributed by atoms with van der Waals surface area (Å²) in [6.45, 7) is 2.39. The first-order valence-corrected chi connectivity index (χ1v) is 7.86. The van der Waals surface area contributed by atoms with E-state index in [0.29, 0.717) is 0 Å². The molecule has 0 saturated carbocycles. The Morgan fingerprint density at radius 1 is 0.667 bits per heavy atom. The van der Waals surface area contributed by atoms with Gasteiger partial charge in [-0.1, -0.05) is 90.4 Å². The minimum atomic E-state index is 0. The van der Waals surface area contributed by atoms with E-state index < -0.39 is 0 Å². The molecule has 0 aromatic rings. The third-order valence-corrected chi connectivity index (χ3v) is 3.25. The number of halogens is 2. The van der Waals surface area contributed by atoms with Gasteiger partial charge in [0.15, 0.2) is 0 Å². The maximum Gasteiger partial charge on any atom is 4.00 e. The normalized spacial score (nSPS) is 7.75. The third-order valence-electron chi connectivity index (χ3n) is 3.25. The van der Waals surface area contributed by atoms with E-state index in [-0.39, 0.29) is 64.8 Å². The van der Waals surface area contributed by atoms with Crippen molar-refractivity contribution in [2.45, 2.75) is 90.4 Å². The largest absolute Gasteiger partial charge is 4.00 e. The molecule has 154 valence electrons. The molecule has 0 bridgehead atoms. The standard InChI is InChI=1S/C15H31O.2ClH.HNO2.2H3N.Pt/c1-2-3-4-5-6-7-8-9-10-11-12-13-14-15-16;;;2-1-3;;;/h2-15H2,1H3;2*1H;(H,2,3);2*1H3;/q-1;;;;;;+4/p-3. The Morgan fingerprint density at radius 2 is 0.875 bits per heavy atom. The van der Waals surface area contributed by atoms with E-state index in [2.05, 4.69) is 6.92 Å². The summed E-state index contributed by atoms with van der Waals surface area (Å²) in [6, 6.07) is 0. The second kappa shape index (κ2) is 49.5. The van der Waals surface area contributed by atoms with Gasteiger partial charge in [0.25, 0.3) is 0 Å². The summed E-state index contributed by atoms with van der Waals surface area (Å²) >= 11 is 0. The Kier molecular flexibility index (Phi) is 91.2. The van der Waals surface area contributed by atoms with Crippen molar-refractivity contribution in [2.75, 3.05) is 6.61 Å².